The Labute approximate surface area is 50.4 Å². The summed E-state index contributed by atoms with van der Waals surface area (Å²) in [5, 5.41) is 0. The Morgan fingerprint density at radius 1 is 1.33 bits per heavy atom. The topological polar surface area (TPSA) is 9.23 Å². The van der Waals surface area contributed by atoms with Gasteiger partial charge in [-0.05, 0) is 0 Å². The molecular weight excluding hydrogens is 248 g/mol. The van der Waals surface area contributed by atoms with Crippen LogP contribution in [0.5, 0.6) is 0 Å². The third-order valence-corrected chi connectivity index (χ3v) is 2.05. The van der Waals surface area contributed by atoms with Crippen LogP contribution in [0.15, 0.2) is 0 Å². The number of hydrogen-bond acceptors (Lipinski definition) is 1. The van der Waals surface area contributed by atoms with E-state index in [1.54, 1.807) is 0 Å². The predicted octanol–water partition coefficient (Wildman–Crippen LogP) is 1.26. The van der Waals surface area contributed by atoms with Crippen molar-refractivity contribution < 1.29 is 23.6 Å². The first kappa shape index (κ1) is 6.65. The third-order valence-electron chi connectivity index (χ3n) is 0.250. The fraction of sp³-hybridized carbons (Fsp3) is 1.00. The summed E-state index contributed by atoms with van der Waals surface area (Å²) < 4.78 is 5.02. The van der Waals surface area contributed by atoms with Crippen molar-refractivity contribution in [1.82, 2.24) is 0 Å². The number of rotatable bonds is 0. The third kappa shape index (κ3) is 4.65. The van der Waals surface area contributed by atoms with Gasteiger partial charge in [-0.3, -0.25) is 0 Å². The Morgan fingerprint density at radius 2 is 1.50 bits per heavy atom. The molecule has 0 aromatic heterocycles. The van der Waals surface area contributed by atoms with Crippen LogP contribution in [0.3, 0.4) is 0 Å². The SMILES string of the molecule is CC(C)(C)[O][W]. The van der Waals surface area contributed by atoms with Crippen LogP contribution in [-0.2, 0) is 23.6 Å². The van der Waals surface area contributed by atoms with E-state index in [-0.39, 0.29) is 5.60 Å². The van der Waals surface area contributed by atoms with E-state index in [4.69, 9.17) is 3.39 Å². The van der Waals surface area contributed by atoms with Gasteiger partial charge in [-0.25, -0.2) is 0 Å². The molecule has 0 aromatic carbocycles. The second-order valence-corrected chi connectivity index (χ2v) is 2.79. The molecule has 0 fully saturated rings. The quantitative estimate of drug-likeness (QED) is 0.634. The summed E-state index contributed by atoms with van der Waals surface area (Å²) in [7, 11) is 0. The first-order valence-electron chi connectivity index (χ1n) is 1.87. The van der Waals surface area contributed by atoms with E-state index in [1.165, 1.54) is 20.2 Å². The normalized spacial score (nSPS) is 11.8. The van der Waals surface area contributed by atoms with Crippen LogP contribution < -0.4 is 0 Å². The summed E-state index contributed by atoms with van der Waals surface area (Å²) in [6.07, 6.45) is 0. The molecule has 0 saturated heterocycles. The van der Waals surface area contributed by atoms with Gasteiger partial charge in [0, 0.05) is 0 Å². The Balaban J connectivity index is 3.17. The summed E-state index contributed by atoms with van der Waals surface area (Å²) in [5.74, 6) is 0. The molecule has 0 bridgehead atoms. The Bertz CT molecular complexity index is 37.3. The van der Waals surface area contributed by atoms with E-state index in [9.17, 15) is 0 Å². The summed E-state index contributed by atoms with van der Waals surface area (Å²) in [6.45, 7) is 6.12. The van der Waals surface area contributed by atoms with Crippen molar-refractivity contribution in [3.05, 3.63) is 0 Å². The molecule has 1 nitrogen and oxygen atoms in total. The molecule has 0 rings (SSSR count). The second kappa shape index (κ2) is 2.09. The predicted molar refractivity (Wildman–Crippen MR) is 20.8 cm³/mol. The average Bonchev–Trinajstić information content (AvgIpc) is 1.35. The van der Waals surface area contributed by atoms with Gasteiger partial charge in [-0.15, -0.1) is 0 Å². The molecule has 6 heavy (non-hydrogen) atoms. The van der Waals surface area contributed by atoms with Gasteiger partial charge in [0.1, 0.15) is 0 Å². The van der Waals surface area contributed by atoms with Gasteiger partial charge >= 0.3 is 50.0 Å². The van der Waals surface area contributed by atoms with E-state index >= 15 is 0 Å². The summed E-state index contributed by atoms with van der Waals surface area (Å²) in [4.78, 5) is 0. The van der Waals surface area contributed by atoms with E-state index in [0.29, 0.717) is 0 Å². The molecule has 0 N–H and O–H groups in total. The molecule has 0 saturated carbocycles. The Kier molecular flexibility index (Phi) is 2.31. The molecule has 0 unspecified atom stereocenters. The maximum atomic E-state index is 5.02. The molecule has 0 atom stereocenters. The van der Waals surface area contributed by atoms with E-state index in [1.807, 2.05) is 20.8 Å². The van der Waals surface area contributed by atoms with Crippen molar-refractivity contribution in [3.8, 4) is 0 Å². The summed E-state index contributed by atoms with van der Waals surface area (Å²) >= 11 is 1.19. The van der Waals surface area contributed by atoms with Crippen LogP contribution in [0.1, 0.15) is 20.8 Å². The van der Waals surface area contributed by atoms with Crippen LogP contribution in [0.2, 0.25) is 0 Å². The summed E-state index contributed by atoms with van der Waals surface area (Å²) in [6, 6.07) is 0. The van der Waals surface area contributed by atoms with Gasteiger partial charge in [0.05, 0.1) is 0 Å². The molecule has 0 radical (unpaired) electrons. The standard InChI is InChI=1S/C4H9O.W/c1-4(2,3)5;/h1-3H3;/q-1;+1. The zero-order valence-electron chi connectivity index (χ0n) is 4.32. The minimum atomic E-state index is 0.0787. The molecule has 0 spiro atoms. The van der Waals surface area contributed by atoms with Crippen LogP contribution in [0.25, 0.3) is 0 Å². The number of hydrogen-bond donors (Lipinski definition) is 0. The Morgan fingerprint density at radius 3 is 1.50 bits per heavy atom. The van der Waals surface area contributed by atoms with Gasteiger partial charge in [-0.2, -0.15) is 0 Å². The van der Waals surface area contributed by atoms with Gasteiger partial charge in [0.2, 0.25) is 0 Å². The van der Waals surface area contributed by atoms with Crippen LogP contribution in [0, 0.1) is 0 Å². The van der Waals surface area contributed by atoms with Crippen molar-refractivity contribution in [3.63, 3.8) is 0 Å². The van der Waals surface area contributed by atoms with Gasteiger partial charge in [0.15, 0.2) is 0 Å². The molecular formula is C4H9OW. The second-order valence-electron chi connectivity index (χ2n) is 2.20. The van der Waals surface area contributed by atoms with Gasteiger partial charge in [0.25, 0.3) is 0 Å². The van der Waals surface area contributed by atoms with Crippen molar-refractivity contribution in [2.45, 2.75) is 26.4 Å². The van der Waals surface area contributed by atoms with Crippen LogP contribution in [-0.4, -0.2) is 5.60 Å². The van der Waals surface area contributed by atoms with E-state index in [0.717, 1.165) is 0 Å². The molecule has 0 aliphatic heterocycles. The molecule has 0 aliphatic rings. The van der Waals surface area contributed by atoms with Crippen molar-refractivity contribution in [2.75, 3.05) is 0 Å². The zero-order chi connectivity index (χ0) is 5.21. The molecule has 0 aromatic rings. The average molecular weight is 257 g/mol. The fourth-order valence-corrected chi connectivity index (χ4v) is 0. The van der Waals surface area contributed by atoms with Crippen LogP contribution >= 0.6 is 0 Å². The zero-order valence-corrected chi connectivity index (χ0v) is 7.25. The van der Waals surface area contributed by atoms with Crippen LogP contribution in [0.4, 0.5) is 0 Å². The first-order chi connectivity index (χ1) is 2.56. The van der Waals surface area contributed by atoms with Crippen molar-refractivity contribution >= 4 is 0 Å². The minimum absolute atomic E-state index is 0.0787. The maximum absolute atomic E-state index is 5.02. The molecule has 0 amide bonds. The molecule has 2 heteroatoms. The molecule has 37 valence electrons. The monoisotopic (exact) mass is 257 g/mol. The van der Waals surface area contributed by atoms with Gasteiger partial charge < -0.3 is 0 Å². The molecule has 0 heterocycles. The van der Waals surface area contributed by atoms with E-state index in [2.05, 4.69) is 0 Å². The van der Waals surface area contributed by atoms with Crippen molar-refractivity contribution in [2.24, 2.45) is 0 Å². The molecule has 0 aliphatic carbocycles. The van der Waals surface area contributed by atoms with Crippen molar-refractivity contribution in [1.29, 1.82) is 0 Å². The Hall–Kier alpha value is 0.648. The van der Waals surface area contributed by atoms with Gasteiger partial charge in [-0.1, -0.05) is 0 Å². The first-order valence-corrected chi connectivity index (χ1v) is 3.07. The van der Waals surface area contributed by atoms with E-state index < -0.39 is 0 Å². The fourth-order valence-electron chi connectivity index (χ4n) is 0. The summed E-state index contributed by atoms with van der Waals surface area (Å²) in [5.41, 5.74) is 0.0787.